The number of hydrogen-bond acceptors (Lipinski definition) is 7. The van der Waals surface area contributed by atoms with Crippen molar-refractivity contribution in [1.29, 1.82) is 0 Å². The molecule has 0 aliphatic carbocycles. The lowest BCUT2D eigenvalue weighted by Crippen LogP contribution is -2.34. The molecular weight excluding hydrogens is 284 g/mol. The van der Waals surface area contributed by atoms with Gasteiger partial charge in [-0.2, -0.15) is 0 Å². The van der Waals surface area contributed by atoms with E-state index < -0.39 is 6.10 Å². The van der Waals surface area contributed by atoms with Gasteiger partial charge in [0.2, 0.25) is 5.91 Å². The Kier molecular flexibility index (Phi) is 8.46. The fourth-order valence-electron chi connectivity index (χ4n) is 1.84. The number of aromatic nitrogens is 4. The molecule has 1 rings (SSSR count). The smallest absolute Gasteiger partial charge is 0.220 e. The van der Waals surface area contributed by atoms with Crippen molar-refractivity contribution in [3.05, 3.63) is 11.6 Å². The van der Waals surface area contributed by atoms with Gasteiger partial charge < -0.3 is 16.2 Å². The van der Waals surface area contributed by atoms with Gasteiger partial charge in [0.1, 0.15) is 0 Å². The summed E-state index contributed by atoms with van der Waals surface area (Å²) >= 11 is 0. The maximum absolute atomic E-state index is 11.6. The Morgan fingerprint density at radius 1 is 1.23 bits per heavy atom. The molecule has 0 aromatic carbocycles. The number of aliphatic hydroxyl groups excluding tert-OH is 1. The van der Waals surface area contributed by atoms with Crippen molar-refractivity contribution >= 4 is 5.91 Å². The number of nitrogens with zero attached hydrogens (tertiary/aromatic N) is 4. The zero-order valence-electron chi connectivity index (χ0n) is 13.3. The molecule has 1 amide bonds. The first-order valence-corrected chi connectivity index (χ1v) is 7.72. The van der Waals surface area contributed by atoms with E-state index in [2.05, 4.69) is 25.7 Å². The molecule has 0 aliphatic rings. The van der Waals surface area contributed by atoms with Crippen LogP contribution in [0.15, 0.2) is 0 Å². The minimum absolute atomic E-state index is 0.0219. The third-order valence-electron chi connectivity index (χ3n) is 3.34. The molecule has 22 heavy (non-hydrogen) atoms. The highest BCUT2D eigenvalue weighted by Gasteiger charge is 2.11. The number of aryl methyl sites for hydroxylation is 2. The highest BCUT2D eigenvalue weighted by molar-refractivity contribution is 5.75. The Morgan fingerprint density at radius 2 is 1.91 bits per heavy atom. The molecule has 2 unspecified atom stereocenters. The van der Waals surface area contributed by atoms with Crippen LogP contribution in [-0.2, 0) is 11.2 Å². The van der Waals surface area contributed by atoms with Gasteiger partial charge in [-0.05, 0) is 33.1 Å². The van der Waals surface area contributed by atoms with Crippen molar-refractivity contribution in [2.45, 2.75) is 64.5 Å². The normalized spacial score (nSPS) is 13.6. The first-order valence-electron chi connectivity index (χ1n) is 7.72. The quantitative estimate of drug-likeness (QED) is 0.515. The molecule has 0 aliphatic heterocycles. The van der Waals surface area contributed by atoms with Crippen LogP contribution in [0, 0.1) is 6.92 Å². The minimum Gasteiger partial charge on any atom is -0.392 e. The summed E-state index contributed by atoms with van der Waals surface area (Å²) in [7, 11) is 0. The Bertz CT molecular complexity index is 437. The summed E-state index contributed by atoms with van der Waals surface area (Å²) in [6.45, 7) is 4.03. The second-order valence-corrected chi connectivity index (χ2v) is 5.47. The highest BCUT2D eigenvalue weighted by Crippen LogP contribution is 2.01. The number of amides is 1. The fraction of sp³-hybridized carbons (Fsp3) is 0.786. The predicted molar refractivity (Wildman–Crippen MR) is 81.8 cm³/mol. The van der Waals surface area contributed by atoms with Crippen LogP contribution in [0.4, 0.5) is 0 Å². The second kappa shape index (κ2) is 10.1. The van der Waals surface area contributed by atoms with E-state index in [1.165, 1.54) is 0 Å². The van der Waals surface area contributed by atoms with Crippen LogP contribution in [0.3, 0.4) is 0 Å². The maximum Gasteiger partial charge on any atom is 0.220 e. The van der Waals surface area contributed by atoms with E-state index >= 15 is 0 Å². The third kappa shape index (κ3) is 7.94. The maximum atomic E-state index is 11.6. The van der Waals surface area contributed by atoms with Crippen LogP contribution in [0.5, 0.6) is 0 Å². The lowest BCUT2D eigenvalue weighted by molar-refractivity contribution is -0.121. The first kappa shape index (κ1) is 18.4. The number of carbonyl (C=O) groups excluding carboxylic acids is 1. The van der Waals surface area contributed by atoms with Gasteiger partial charge in [0.15, 0.2) is 11.6 Å². The van der Waals surface area contributed by atoms with Gasteiger partial charge in [-0.3, -0.25) is 4.79 Å². The topological polar surface area (TPSA) is 127 Å². The van der Waals surface area contributed by atoms with E-state index in [4.69, 9.17) is 5.73 Å². The summed E-state index contributed by atoms with van der Waals surface area (Å²) in [5.74, 6) is 1.20. The molecular formula is C14H26N6O2. The number of carbonyl (C=O) groups is 1. The lowest BCUT2D eigenvalue weighted by Gasteiger charge is -2.13. The van der Waals surface area contributed by atoms with Crippen LogP contribution in [0.2, 0.25) is 0 Å². The van der Waals surface area contributed by atoms with Gasteiger partial charge in [-0.15, -0.1) is 20.4 Å². The van der Waals surface area contributed by atoms with E-state index in [9.17, 15) is 9.90 Å². The molecule has 0 saturated heterocycles. The van der Waals surface area contributed by atoms with Gasteiger partial charge in [0, 0.05) is 25.4 Å². The third-order valence-corrected chi connectivity index (χ3v) is 3.34. The Morgan fingerprint density at radius 3 is 2.55 bits per heavy atom. The van der Waals surface area contributed by atoms with E-state index in [0.717, 1.165) is 25.7 Å². The van der Waals surface area contributed by atoms with E-state index in [0.29, 0.717) is 31.0 Å². The molecule has 8 heteroatoms. The summed E-state index contributed by atoms with van der Waals surface area (Å²) in [4.78, 5) is 11.6. The Balaban J connectivity index is 2.01. The zero-order valence-corrected chi connectivity index (χ0v) is 13.3. The van der Waals surface area contributed by atoms with E-state index in [1.807, 2.05) is 0 Å². The first-order chi connectivity index (χ1) is 10.5. The number of aliphatic hydroxyl groups is 1. The number of nitrogens with two attached hydrogens (primary N) is 1. The van der Waals surface area contributed by atoms with Crippen LogP contribution in [0.25, 0.3) is 0 Å². The van der Waals surface area contributed by atoms with Crippen molar-refractivity contribution < 1.29 is 9.90 Å². The molecule has 0 radical (unpaired) electrons. The minimum atomic E-state index is -0.583. The number of hydrogen-bond donors (Lipinski definition) is 3. The van der Waals surface area contributed by atoms with Crippen molar-refractivity contribution in [3.8, 4) is 0 Å². The molecule has 2 atom stereocenters. The van der Waals surface area contributed by atoms with E-state index in [-0.39, 0.29) is 11.9 Å². The van der Waals surface area contributed by atoms with Crippen LogP contribution < -0.4 is 11.1 Å². The van der Waals surface area contributed by atoms with Crippen molar-refractivity contribution in [2.24, 2.45) is 5.73 Å². The SMILES string of the molecule is Cc1nnc(CCCCCNC(=O)CCC(N)C(C)O)nn1. The Labute approximate surface area is 130 Å². The van der Waals surface area contributed by atoms with E-state index in [1.54, 1.807) is 13.8 Å². The van der Waals surface area contributed by atoms with Gasteiger partial charge >= 0.3 is 0 Å². The lowest BCUT2D eigenvalue weighted by atomic mass is 10.1. The number of nitrogens with one attached hydrogen (secondary N) is 1. The fourth-order valence-corrected chi connectivity index (χ4v) is 1.84. The molecule has 8 nitrogen and oxygen atoms in total. The van der Waals surface area contributed by atoms with Gasteiger partial charge in [-0.25, -0.2) is 0 Å². The summed E-state index contributed by atoms with van der Waals surface area (Å²) < 4.78 is 0. The summed E-state index contributed by atoms with van der Waals surface area (Å²) in [5, 5.41) is 27.7. The molecule has 1 aromatic rings. The zero-order chi connectivity index (χ0) is 16.4. The molecule has 0 fully saturated rings. The summed E-state index contributed by atoms with van der Waals surface area (Å²) in [6.07, 6.45) is 3.83. The largest absolute Gasteiger partial charge is 0.392 e. The van der Waals surface area contributed by atoms with Gasteiger partial charge in [-0.1, -0.05) is 6.42 Å². The van der Waals surface area contributed by atoms with Crippen LogP contribution in [-0.4, -0.2) is 50.1 Å². The standard InChI is InChI=1S/C14H26N6O2/c1-10(21)12(15)7-8-14(22)16-9-5-3-4-6-13-19-17-11(2)18-20-13/h10,12,21H,3-9,15H2,1-2H3,(H,16,22). The summed E-state index contributed by atoms with van der Waals surface area (Å²) in [5.41, 5.74) is 5.67. The van der Waals surface area contributed by atoms with Crippen molar-refractivity contribution in [1.82, 2.24) is 25.7 Å². The summed E-state index contributed by atoms with van der Waals surface area (Å²) in [6, 6.07) is -0.345. The average Bonchev–Trinajstić information content (AvgIpc) is 2.49. The molecule has 1 heterocycles. The Hall–Kier alpha value is -1.67. The second-order valence-electron chi connectivity index (χ2n) is 5.47. The van der Waals surface area contributed by atoms with Crippen LogP contribution >= 0.6 is 0 Å². The monoisotopic (exact) mass is 310 g/mol. The molecule has 0 saturated carbocycles. The molecule has 124 valence electrons. The average molecular weight is 310 g/mol. The number of unbranched alkanes of at least 4 members (excludes halogenated alkanes) is 2. The molecule has 0 spiro atoms. The van der Waals surface area contributed by atoms with Crippen LogP contribution in [0.1, 0.15) is 50.7 Å². The van der Waals surface area contributed by atoms with Gasteiger partial charge in [0.05, 0.1) is 6.10 Å². The molecule has 0 bridgehead atoms. The predicted octanol–water partition coefficient (Wildman–Crippen LogP) is -0.108. The molecule has 4 N–H and O–H groups in total. The molecule has 1 aromatic heterocycles. The van der Waals surface area contributed by atoms with Gasteiger partial charge in [0.25, 0.3) is 0 Å². The van der Waals surface area contributed by atoms with Crippen molar-refractivity contribution in [3.63, 3.8) is 0 Å². The number of rotatable bonds is 10. The van der Waals surface area contributed by atoms with Crippen molar-refractivity contribution in [2.75, 3.05) is 6.54 Å². The highest BCUT2D eigenvalue weighted by atomic mass is 16.3.